The number of carbonyl (C=O) groups is 1. The Labute approximate surface area is 114 Å². The summed E-state index contributed by atoms with van der Waals surface area (Å²) >= 11 is 1.34. The summed E-state index contributed by atoms with van der Waals surface area (Å²) in [4.78, 5) is 15.6. The van der Waals surface area contributed by atoms with Crippen molar-refractivity contribution in [2.24, 2.45) is 0 Å². The lowest BCUT2D eigenvalue weighted by Gasteiger charge is -2.06. The summed E-state index contributed by atoms with van der Waals surface area (Å²) in [6.07, 6.45) is 1.07. The quantitative estimate of drug-likeness (QED) is 0.900. The number of benzene rings is 1. The molecule has 6 nitrogen and oxygen atoms in total. The first-order chi connectivity index (χ1) is 8.94. The Balaban J connectivity index is 2.05. The van der Waals surface area contributed by atoms with Crippen molar-refractivity contribution in [3.05, 3.63) is 40.8 Å². The van der Waals surface area contributed by atoms with E-state index >= 15 is 0 Å². The average molecular weight is 297 g/mol. The van der Waals surface area contributed by atoms with Crippen LogP contribution in [0.5, 0.6) is 0 Å². The smallest absolute Gasteiger partial charge is 0.275 e. The molecular weight excluding hydrogens is 286 g/mol. The zero-order chi connectivity index (χ0) is 13.9. The van der Waals surface area contributed by atoms with Crippen LogP contribution in [-0.2, 0) is 10.0 Å². The number of sulfonamides is 1. The summed E-state index contributed by atoms with van der Waals surface area (Å²) in [5, 5.41) is 4.31. The number of aromatic nitrogens is 1. The number of hydrogen-bond acceptors (Lipinski definition) is 5. The molecule has 1 amide bonds. The second-order valence-electron chi connectivity index (χ2n) is 3.78. The van der Waals surface area contributed by atoms with Gasteiger partial charge in [0.2, 0.25) is 10.0 Å². The van der Waals surface area contributed by atoms with E-state index in [0.717, 1.165) is 6.26 Å². The highest BCUT2D eigenvalue weighted by molar-refractivity contribution is 7.92. The van der Waals surface area contributed by atoms with E-state index < -0.39 is 10.0 Å². The van der Waals surface area contributed by atoms with Crippen LogP contribution in [0.3, 0.4) is 0 Å². The van der Waals surface area contributed by atoms with Crippen molar-refractivity contribution in [3.8, 4) is 0 Å². The molecule has 0 bridgehead atoms. The highest BCUT2D eigenvalue weighted by Crippen LogP contribution is 2.15. The van der Waals surface area contributed by atoms with Gasteiger partial charge in [-0.05, 0) is 24.3 Å². The third-order valence-electron chi connectivity index (χ3n) is 2.11. The lowest BCUT2D eigenvalue weighted by atomic mass is 10.3. The normalized spacial score (nSPS) is 11.0. The minimum Gasteiger partial charge on any atom is -0.321 e. The van der Waals surface area contributed by atoms with E-state index in [1.54, 1.807) is 35.2 Å². The topological polar surface area (TPSA) is 88.2 Å². The van der Waals surface area contributed by atoms with Gasteiger partial charge in [-0.3, -0.25) is 9.52 Å². The monoisotopic (exact) mass is 297 g/mol. The van der Waals surface area contributed by atoms with Crippen LogP contribution in [0.25, 0.3) is 0 Å². The van der Waals surface area contributed by atoms with Gasteiger partial charge in [-0.2, -0.15) is 0 Å². The fraction of sp³-hybridized carbons (Fsp3) is 0.0909. The number of thiazole rings is 1. The van der Waals surface area contributed by atoms with Crippen molar-refractivity contribution in [3.63, 3.8) is 0 Å². The molecular formula is C11H11N3O3S2. The molecule has 19 heavy (non-hydrogen) atoms. The minimum atomic E-state index is -3.29. The van der Waals surface area contributed by atoms with E-state index in [0.29, 0.717) is 17.1 Å². The van der Waals surface area contributed by atoms with E-state index in [9.17, 15) is 13.2 Å². The molecule has 0 saturated carbocycles. The van der Waals surface area contributed by atoms with Crippen LogP contribution >= 0.6 is 11.3 Å². The van der Waals surface area contributed by atoms with Crippen molar-refractivity contribution in [1.29, 1.82) is 0 Å². The fourth-order valence-electron chi connectivity index (χ4n) is 1.36. The molecule has 0 saturated heterocycles. The molecule has 100 valence electrons. The number of carbonyl (C=O) groups excluding carboxylic acids is 1. The third kappa shape index (κ3) is 4.04. The van der Waals surface area contributed by atoms with Gasteiger partial charge in [0.05, 0.1) is 11.8 Å². The first-order valence-corrected chi connectivity index (χ1v) is 8.05. The van der Waals surface area contributed by atoms with Crippen LogP contribution in [0.15, 0.2) is 35.2 Å². The van der Waals surface area contributed by atoms with Crippen molar-refractivity contribution in [2.75, 3.05) is 16.3 Å². The van der Waals surface area contributed by atoms with E-state index in [4.69, 9.17) is 0 Å². The summed E-state index contributed by atoms with van der Waals surface area (Å²) in [6.45, 7) is 0. The molecule has 0 aliphatic carbocycles. The second-order valence-corrected chi connectivity index (χ2v) is 6.25. The standard InChI is InChI=1S/C11H11N3O3S2/c1-19(16,17)14-9-4-2-8(3-5-9)13-11(15)10-6-18-7-12-10/h2-7,14H,1H3,(H,13,15). The van der Waals surface area contributed by atoms with Crippen LogP contribution in [0, 0.1) is 0 Å². The lowest BCUT2D eigenvalue weighted by Crippen LogP contribution is -2.12. The zero-order valence-corrected chi connectivity index (χ0v) is 11.6. The van der Waals surface area contributed by atoms with Crippen LogP contribution in [-0.4, -0.2) is 25.6 Å². The fourth-order valence-corrected chi connectivity index (χ4v) is 2.45. The Morgan fingerprint density at radius 3 is 2.37 bits per heavy atom. The summed E-state index contributed by atoms with van der Waals surface area (Å²) in [7, 11) is -3.29. The van der Waals surface area contributed by atoms with E-state index in [-0.39, 0.29) is 5.91 Å². The molecule has 1 heterocycles. The molecule has 0 radical (unpaired) electrons. The number of nitrogens with one attached hydrogen (secondary N) is 2. The van der Waals surface area contributed by atoms with Gasteiger partial charge in [0, 0.05) is 16.8 Å². The predicted octanol–water partition coefficient (Wildman–Crippen LogP) is 1.77. The largest absolute Gasteiger partial charge is 0.321 e. The zero-order valence-electron chi connectivity index (χ0n) is 9.95. The van der Waals surface area contributed by atoms with Gasteiger partial charge in [-0.1, -0.05) is 0 Å². The first-order valence-electron chi connectivity index (χ1n) is 5.21. The lowest BCUT2D eigenvalue weighted by molar-refractivity contribution is 0.102. The van der Waals surface area contributed by atoms with Crippen LogP contribution in [0.1, 0.15) is 10.5 Å². The number of anilines is 2. The summed E-state index contributed by atoms with van der Waals surface area (Å²) < 4.78 is 24.4. The van der Waals surface area contributed by atoms with Crippen molar-refractivity contribution < 1.29 is 13.2 Å². The van der Waals surface area contributed by atoms with Crippen LogP contribution in [0.2, 0.25) is 0 Å². The number of rotatable bonds is 4. The van der Waals surface area contributed by atoms with Crippen molar-refractivity contribution >= 4 is 38.6 Å². The maximum atomic E-state index is 11.7. The van der Waals surface area contributed by atoms with Gasteiger partial charge in [0.1, 0.15) is 5.69 Å². The molecule has 2 rings (SSSR count). The SMILES string of the molecule is CS(=O)(=O)Nc1ccc(NC(=O)c2cscn2)cc1. The van der Waals surface area contributed by atoms with Crippen LogP contribution in [0.4, 0.5) is 11.4 Å². The highest BCUT2D eigenvalue weighted by Gasteiger charge is 2.08. The van der Waals surface area contributed by atoms with Gasteiger partial charge in [0.15, 0.2) is 0 Å². The molecule has 0 aliphatic rings. The molecule has 0 unspecified atom stereocenters. The van der Waals surface area contributed by atoms with Gasteiger partial charge in [0.25, 0.3) is 5.91 Å². The molecule has 0 aliphatic heterocycles. The molecule has 0 fully saturated rings. The number of hydrogen-bond donors (Lipinski definition) is 2. The Morgan fingerprint density at radius 1 is 1.21 bits per heavy atom. The first kappa shape index (κ1) is 13.5. The van der Waals surface area contributed by atoms with E-state index in [2.05, 4.69) is 15.0 Å². The highest BCUT2D eigenvalue weighted by atomic mass is 32.2. The molecule has 0 atom stereocenters. The molecule has 1 aromatic heterocycles. The second kappa shape index (κ2) is 5.37. The molecule has 2 N–H and O–H groups in total. The van der Waals surface area contributed by atoms with E-state index in [1.807, 2.05) is 0 Å². The molecule has 1 aromatic carbocycles. The molecule has 2 aromatic rings. The van der Waals surface area contributed by atoms with E-state index in [1.165, 1.54) is 11.3 Å². The minimum absolute atomic E-state index is 0.301. The van der Waals surface area contributed by atoms with Crippen LogP contribution < -0.4 is 10.0 Å². The number of amides is 1. The summed E-state index contributed by atoms with van der Waals surface area (Å²) in [5.41, 5.74) is 2.93. The van der Waals surface area contributed by atoms with Gasteiger partial charge in [-0.15, -0.1) is 11.3 Å². The molecule has 8 heteroatoms. The maximum Gasteiger partial charge on any atom is 0.275 e. The maximum absolute atomic E-state index is 11.7. The Kier molecular flexibility index (Phi) is 3.82. The van der Waals surface area contributed by atoms with Gasteiger partial charge in [-0.25, -0.2) is 13.4 Å². The summed E-state index contributed by atoms with van der Waals surface area (Å²) in [5.74, 6) is -0.301. The third-order valence-corrected chi connectivity index (χ3v) is 3.30. The van der Waals surface area contributed by atoms with Crippen molar-refractivity contribution in [2.45, 2.75) is 0 Å². The Hall–Kier alpha value is -1.93. The number of nitrogens with zero attached hydrogens (tertiary/aromatic N) is 1. The Bertz CT molecular complexity index is 664. The summed E-state index contributed by atoms with van der Waals surface area (Å²) in [6, 6.07) is 6.35. The predicted molar refractivity (Wildman–Crippen MR) is 75.0 cm³/mol. The van der Waals surface area contributed by atoms with Gasteiger partial charge < -0.3 is 5.32 Å². The molecule has 0 spiro atoms. The average Bonchev–Trinajstić information content (AvgIpc) is 2.83. The Morgan fingerprint density at radius 2 is 1.84 bits per heavy atom. The van der Waals surface area contributed by atoms with Gasteiger partial charge >= 0.3 is 0 Å². The van der Waals surface area contributed by atoms with Crippen molar-refractivity contribution in [1.82, 2.24) is 4.98 Å².